The molecule has 158 valence electrons. The van der Waals surface area contributed by atoms with E-state index in [1.54, 1.807) is 14.2 Å². The van der Waals surface area contributed by atoms with Gasteiger partial charge in [-0.1, -0.05) is 12.1 Å². The Morgan fingerprint density at radius 3 is 2.55 bits per heavy atom. The number of hydrogen-bond acceptors (Lipinski definition) is 6. The van der Waals surface area contributed by atoms with E-state index < -0.39 is 0 Å². The Hall–Kier alpha value is -3.56. The van der Waals surface area contributed by atoms with Gasteiger partial charge in [-0.2, -0.15) is 5.26 Å². The van der Waals surface area contributed by atoms with Crippen molar-refractivity contribution in [1.82, 2.24) is 4.98 Å². The third kappa shape index (κ3) is 4.32. The first-order valence-electron chi connectivity index (χ1n) is 10.2. The van der Waals surface area contributed by atoms with Crippen LogP contribution in [0.3, 0.4) is 0 Å². The molecule has 1 saturated heterocycles. The Kier molecular flexibility index (Phi) is 6.06. The number of nitrogens with zero attached hydrogens (tertiary/aromatic N) is 3. The van der Waals surface area contributed by atoms with Crippen molar-refractivity contribution in [2.45, 2.75) is 6.92 Å². The Bertz CT molecular complexity index is 1170. The third-order valence-corrected chi connectivity index (χ3v) is 5.41. The number of rotatable bonds is 5. The molecule has 0 spiro atoms. The van der Waals surface area contributed by atoms with Gasteiger partial charge in [0.2, 0.25) is 0 Å². The summed E-state index contributed by atoms with van der Waals surface area (Å²) in [5, 5.41) is 11.0. The summed E-state index contributed by atoms with van der Waals surface area (Å²) in [6, 6.07) is 16.2. The first kappa shape index (κ1) is 20.7. The number of nitriles is 1. The number of fused-ring (bicyclic) bond motifs is 1. The molecule has 2 aromatic carbocycles. The largest absolute Gasteiger partial charge is 0.493 e. The van der Waals surface area contributed by atoms with Crippen LogP contribution in [0.1, 0.15) is 16.7 Å². The molecular weight excluding hydrogens is 390 g/mol. The molecule has 1 aliphatic heterocycles. The highest BCUT2D eigenvalue weighted by Gasteiger charge is 2.18. The Labute approximate surface area is 182 Å². The first-order valence-corrected chi connectivity index (χ1v) is 10.2. The lowest BCUT2D eigenvalue weighted by molar-refractivity contribution is 0.122. The molecule has 2 heterocycles. The fourth-order valence-electron chi connectivity index (χ4n) is 3.76. The van der Waals surface area contributed by atoms with E-state index in [4.69, 9.17) is 19.2 Å². The lowest BCUT2D eigenvalue weighted by atomic mass is 10.0. The molecule has 0 amide bonds. The van der Waals surface area contributed by atoms with Crippen LogP contribution in [0.2, 0.25) is 0 Å². The van der Waals surface area contributed by atoms with Crippen molar-refractivity contribution in [3.63, 3.8) is 0 Å². The highest BCUT2D eigenvalue weighted by Crippen LogP contribution is 2.33. The van der Waals surface area contributed by atoms with Crippen LogP contribution in [0.4, 0.5) is 5.82 Å². The van der Waals surface area contributed by atoms with Gasteiger partial charge >= 0.3 is 0 Å². The van der Waals surface area contributed by atoms with Gasteiger partial charge in [0.1, 0.15) is 5.82 Å². The van der Waals surface area contributed by atoms with Crippen molar-refractivity contribution in [2.24, 2.45) is 0 Å². The second kappa shape index (κ2) is 9.07. The standard InChI is InChI=1S/C25H25N3O3/c1-17-4-5-19-13-20(25(27-22(19)12-17)28-8-10-31-11-9-28)14-21(16-26)18-6-7-23(29-2)24(15-18)30-3/h4-7,12-15H,8-11H2,1-3H3/b21-14+. The van der Waals surface area contributed by atoms with Crippen molar-refractivity contribution < 1.29 is 14.2 Å². The minimum absolute atomic E-state index is 0.531. The average molecular weight is 415 g/mol. The zero-order valence-electron chi connectivity index (χ0n) is 18.0. The second-order valence-electron chi connectivity index (χ2n) is 7.44. The number of ether oxygens (including phenoxy) is 3. The Morgan fingerprint density at radius 2 is 1.84 bits per heavy atom. The van der Waals surface area contributed by atoms with Gasteiger partial charge in [-0.3, -0.25) is 0 Å². The molecule has 0 aliphatic carbocycles. The van der Waals surface area contributed by atoms with Crippen LogP contribution < -0.4 is 14.4 Å². The predicted molar refractivity (Wildman–Crippen MR) is 123 cm³/mol. The molecule has 4 rings (SSSR count). The number of aromatic nitrogens is 1. The van der Waals surface area contributed by atoms with Gasteiger partial charge in [0.05, 0.1) is 44.6 Å². The van der Waals surface area contributed by atoms with Gasteiger partial charge in [-0.05, 0) is 54.5 Å². The van der Waals surface area contributed by atoms with Crippen LogP contribution in [0.25, 0.3) is 22.6 Å². The zero-order chi connectivity index (χ0) is 21.8. The number of allylic oxidation sites excluding steroid dienone is 1. The average Bonchev–Trinajstić information content (AvgIpc) is 2.82. The van der Waals surface area contributed by atoms with Gasteiger partial charge in [0.15, 0.2) is 11.5 Å². The number of hydrogen-bond donors (Lipinski definition) is 0. The molecule has 6 heteroatoms. The maximum Gasteiger partial charge on any atom is 0.161 e. The van der Waals surface area contributed by atoms with E-state index in [1.807, 2.05) is 24.3 Å². The van der Waals surface area contributed by atoms with Crippen molar-refractivity contribution >= 4 is 28.4 Å². The smallest absolute Gasteiger partial charge is 0.161 e. The van der Waals surface area contributed by atoms with Crippen molar-refractivity contribution in [2.75, 3.05) is 45.4 Å². The summed E-state index contributed by atoms with van der Waals surface area (Å²) in [5.41, 5.74) is 4.31. The molecule has 3 aromatic rings. The van der Waals surface area contributed by atoms with Crippen LogP contribution in [0.15, 0.2) is 42.5 Å². The van der Waals surface area contributed by atoms with Crippen LogP contribution >= 0.6 is 0 Å². The highest BCUT2D eigenvalue weighted by atomic mass is 16.5. The van der Waals surface area contributed by atoms with Gasteiger partial charge in [0, 0.05) is 24.0 Å². The van der Waals surface area contributed by atoms with E-state index in [0.29, 0.717) is 30.3 Å². The molecule has 0 bridgehead atoms. The SMILES string of the molecule is COc1ccc(/C(C#N)=C/c2cc3ccc(C)cc3nc2N2CCOCC2)cc1OC. The maximum atomic E-state index is 9.94. The van der Waals surface area contributed by atoms with E-state index in [-0.39, 0.29) is 0 Å². The summed E-state index contributed by atoms with van der Waals surface area (Å²) in [7, 11) is 3.18. The molecule has 0 radical (unpaired) electrons. The molecule has 1 aliphatic rings. The van der Waals surface area contributed by atoms with Crippen LogP contribution in [0, 0.1) is 18.3 Å². The maximum absolute atomic E-state index is 9.94. The van der Waals surface area contributed by atoms with Gasteiger partial charge in [-0.25, -0.2) is 4.98 Å². The monoisotopic (exact) mass is 415 g/mol. The summed E-state index contributed by atoms with van der Waals surface area (Å²) in [6.45, 7) is 4.93. The van der Waals surface area contributed by atoms with E-state index in [1.165, 1.54) is 5.56 Å². The van der Waals surface area contributed by atoms with Crippen molar-refractivity contribution in [3.8, 4) is 17.6 Å². The van der Waals surface area contributed by atoms with Gasteiger partial charge < -0.3 is 19.1 Å². The lowest BCUT2D eigenvalue weighted by Crippen LogP contribution is -2.37. The number of pyridine rings is 1. The number of methoxy groups -OCH3 is 2. The normalized spacial score (nSPS) is 14.4. The number of benzene rings is 2. The minimum atomic E-state index is 0.531. The topological polar surface area (TPSA) is 67.6 Å². The van der Waals surface area contributed by atoms with Crippen LogP contribution in [-0.2, 0) is 4.74 Å². The molecule has 0 atom stereocenters. The third-order valence-electron chi connectivity index (χ3n) is 5.41. The van der Waals surface area contributed by atoms with Gasteiger partial charge in [0.25, 0.3) is 0 Å². The number of anilines is 1. The molecule has 31 heavy (non-hydrogen) atoms. The molecule has 1 aromatic heterocycles. The minimum Gasteiger partial charge on any atom is -0.493 e. The molecule has 0 saturated carbocycles. The van der Waals surface area contributed by atoms with E-state index >= 15 is 0 Å². The second-order valence-corrected chi connectivity index (χ2v) is 7.44. The summed E-state index contributed by atoms with van der Waals surface area (Å²) in [6.07, 6.45) is 1.90. The quantitative estimate of drug-likeness (QED) is 0.573. The molecule has 0 N–H and O–H groups in total. The van der Waals surface area contributed by atoms with Crippen LogP contribution in [-0.4, -0.2) is 45.5 Å². The lowest BCUT2D eigenvalue weighted by Gasteiger charge is -2.29. The predicted octanol–water partition coefficient (Wildman–Crippen LogP) is 4.46. The number of morpholine rings is 1. The summed E-state index contributed by atoms with van der Waals surface area (Å²) >= 11 is 0. The molecule has 1 fully saturated rings. The van der Waals surface area contributed by atoms with Crippen LogP contribution in [0.5, 0.6) is 11.5 Å². The first-order chi connectivity index (χ1) is 15.1. The highest BCUT2D eigenvalue weighted by molar-refractivity contribution is 5.95. The van der Waals surface area contributed by atoms with E-state index in [9.17, 15) is 5.26 Å². The number of aryl methyl sites for hydroxylation is 1. The Balaban J connectivity index is 1.85. The summed E-state index contributed by atoms with van der Waals surface area (Å²) < 4.78 is 16.3. The molecule has 6 nitrogen and oxygen atoms in total. The molecular formula is C25H25N3O3. The van der Waals surface area contributed by atoms with Gasteiger partial charge in [-0.15, -0.1) is 0 Å². The van der Waals surface area contributed by atoms with Crippen molar-refractivity contribution in [1.29, 1.82) is 5.26 Å². The summed E-state index contributed by atoms with van der Waals surface area (Å²) in [4.78, 5) is 7.20. The Morgan fingerprint density at radius 1 is 1.06 bits per heavy atom. The van der Waals surface area contributed by atoms with E-state index in [2.05, 4.69) is 42.2 Å². The fourth-order valence-corrected chi connectivity index (χ4v) is 3.76. The van der Waals surface area contributed by atoms with E-state index in [0.717, 1.165) is 40.9 Å². The molecule has 0 unspecified atom stereocenters. The fraction of sp³-hybridized carbons (Fsp3) is 0.280. The van der Waals surface area contributed by atoms with Crippen molar-refractivity contribution in [3.05, 3.63) is 59.2 Å². The zero-order valence-corrected chi connectivity index (χ0v) is 18.0. The summed E-state index contributed by atoms with van der Waals surface area (Å²) in [5.74, 6) is 2.08.